The van der Waals surface area contributed by atoms with E-state index in [9.17, 15) is 0 Å². The third-order valence-electron chi connectivity index (χ3n) is 0.576. The number of carbonyl (C=O) groups is 1. The molecule has 2 radical (unpaired) electrons. The molecule has 4 heteroatoms. The number of hydrogen-bond acceptors (Lipinski definition) is 2. The van der Waals surface area contributed by atoms with Crippen LogP contribution in [0.15, 0.2) is 0 Å². The third-order valence-corrected chi connectivity index (χ3v) is 0.576. The van der Waals surface area contributed by atoms with Crippen LogP contribution in [0.2, 0.25) is 0 Å². The van der Waals surface area contributed by atoms with Gasteiger partial charge in [-0.15, -0.1) is 0 Å². The van der Waals surface area contributed by atoms with Gasteiger partial charge in [0, 0.05) is 6.92 Å². The molecule has 0 saturated heterocycles. The van der Waals surface area contributed by atoms with Gasteiger partial charge in [0.15, 0.2) is 7.98 Å². The van der Waals surface area contributed by atoms with E-state index in [0.29, 0.717) is 0 Å². The number of hydrogen-bond donors (Lipinski definition) is 1. The van der Waals surface area contributed by atoms with Crippen molar-refractivity contribution in [2.75, 3.05) is 13.6 Å². The summed E-state index contributed by atoms with van der Waals surface area (Å²) in [5, 5.41) is 7.42. The first kappa shape index (κ1) is 12.2. The molecule has 0 amide bonds. The normalized spacial score (nSPS) is 8.40. The smallest absolute Gasteiger partial charge is 0.300 e. The lowest BCUT2D eigenvalue weighted by Crippen LogP contribution is -2.13. The molecule has 0 aromatic carbocycles. The van der Waals surface area contributed by atoms with Crippen LogP contribution < -0.4 is 0 Å². The summed E-state index contributed by atoms with van der Waals surface area (Å²) in [6, 6.07) is 0. The van der Waals surface area contributed by atoms with E-state index in [-0.39, 0.29) is 0 Å². The fourth-order valence-corrected chi connectivity index (χ4v) is 0.353. The van der Waals surface area contributed by atoms with Crippen molar-refractivity contribution >= 4 is 14.0 Å². The minimum Gasteiger partial charge on any atom is -0.481 e. The lowest BCUT2D eigenvalue weighted by molar-refractivity contribution is -0.134. The summed E-state index contributed by atoms with van der Waals surface area (Å²) in [4.78, 5) is 10.7. The van der Waals surface area contributed by atoms with Gasteiger partial charge in [-0.05, 0) is 20.0 Å². The Morgan fingerprint density at radius 2 is 2.00 bits per heavy atom. The van der Waals surface area contributed by atoms with E-state index in [0.717, 1.165) is 19.9 Å². The maximum atomic E-state index is 9.00. The van der Waals surface area contributed by atoms with Gasteiger partial charge in [0.2, 0.25) is 0 Å². The molecule has 0 aliphatic rings. The van der Waals surface area contributed by atoms with Crippen LogP contribution >= 0.6 is 0 Å². The van der Waals surface area contributed by atoms with E-state index in [2.05, 4.69) is 6.92 Å². The second-order valence-electron chi connectivity index (χ2n) is 2.00. The van der Waals surface area contributed by atoms with E-state index in [1.807, 2.05) is 7.05 Å². The molecule has 0 heterocycles. The molecule has 0 aliphatic heterocycles. The summed E-state index contributed by atoms with van der Waals surface area (Å²) >= 11 is 0. The Balaban J connectivity index is 0. The predicted octanol–water partition coefficient (Wildman–Crippen LogP) is 0.503. The van der Waals surface area contributed by atoms with Crippen LogP contribution in [0.3, 0.4) is 0 Å². The zero-order valence-electron chi connectivity index (χ0n) is 6.79. The SMILES string of the molecule is CC(=O)O.[B]N(C)CCC. The van der Waals surface area contributed by atoms with Crippen LogP contribution in [0.25, 0.3) is 0 Å². The summed E-state index contributed by atoms with van der Waals surface area (Å²) in [5.41, 5.74) is 0. The summed E-state index contributed by atoms with van der Waals surface area (Å²) < 4.78 is 0. The summed E-state index contributed by atoms with van der Waals surface area (Å²) in [7, 11) is 7.10. The zero-order valence-corrected chi connectivity index (χ0v) is 6.79. The van der Waals surface area contributed by atoms with Gasteiger partial charge >= 0.3 is 0 Å². The van der Waals surface area contributed by atoms with Gasteiger partial charge in [-0.1, -0.05) is 6.92 Å². The maximum Gasteiger partial charge on any atom is 0.300 e. The van der Waals surface area contributed by atoms with Gasteiger partial charge in [0.25, 0.3) is 5.97 Å². The van der Waals surface area contributed by atoms with Gasteiger partial charge in [0.1, 0.15) is 0 Å². The number of carboxylic acids is 1. The molecule has 0 aromatic heterocycles. The van der Waals surface area contributed by atoms with Crippen LogP contribution in [0.5, 0.6) is 0 Å². The molecule has 0 saturated carbocycles. The van der Waals surface area contributed by atoms with Crippen LogP contribution in [-0.2, 0) is 4.79 Å². The zero-order chi connectivity index (χ0) is 8.57. The highest BCUT2D eigenvalue weighted by molar-refractivity contribution is 6.04. The monoisotopic (exact) mass is 143 g/mol. The molecule has 0 fully saturated rings. The second kappa shape index (κ2) is 8.49. The van der Waals surface area contributed by atoms with E-state index in [1.165, 1.54) is 0 Å². The minimum absolute atomic E-state index is 0.833. The van der Waals surface area contributed by atoms with E-state index in [4.69, 9.17) is 17.9 Å². The molecule has 0 spiro atoms. The van der Waals surface area contributed by atoms with Crippen molar-refractivity contribution in [1.29, 1.82) is 0 Å². The molecular weight excluding hydrogens is 129 g/mol. The van der Waals surface area contributed by atoms with E-state index in [1.54, 1.807) is 4.81 Å². The molecule has 3 nitrogen and oxygen atoms in total. The highest BCUT2D eigenvalue weighted by atomic mass is 16.4. The molecule has 1 N–H and O–H groups in total. The molecular formula is C6H14BNO2. The lowest BCUT2D eigenvalue weighted by atomic mass is 10.3. The quantitative estimate of drug-likeness (QED) is 0.572. The standard InChI is InChI=1S/C4H10BN.C2H4O2/c1-3-4-6(2)5;1-2(3)4/h3-4H2,1-2H3;1H3,(H,3,4). The van der Waals surface area contributed by atoms with Crippen molar-refractivity contribution in [3.8, 4) is 0 Å². The van der Waals surface area contributed by atoms with Crippen LogP contribution in [0, 0.1) is 0 Å². The van der Waals surface area contributed by atoms with E-state index >= 15 is 0 Å². The first-order valence-electron chi connectivity index (χ1n) is 3.16. The molecule has 0 bridgehead atoms. The predicted molar refractivity (Wildman–Crippen MR) is 42.0 cm³/mol. The number of carboxylic acid groups (broad SMARTS) is 1. The molecule has 10 heavy (non-hydrogen) atoms. The Labute approximate surface area is 63.5 Å². The molecule has 58 valence electrons. The first-order chi connectivity index (χ1) is 4.50. The molecule has 0 aromatic rings. The number of rotatable bonds is 2. The number of aliphatic carboxylic acids is 1. The van der Waals surface area contributed by atoms with Crippen LogP contribution in [-0.4, -0.2) is 37.5 Å². The van der Waals surface area contributed by atoms with Gasteiger partial charge < -0.3 is 9.92 Å². The fraction of sp³-hybridized carbons (Fsp3) is 0.833. The average Bonchev–Trinajstić information content (AvgIpc) is 1.62. The summed E-state index contributed by atoms with van der Waals surface area (Å²) in [6.07, 6.45) is 1.13. The first-order valence-corrected chi connectivity index (χ1v) is 3.16. The molecule has 0 atom stereocenters. The Kier molecular flexibility index (Phi) is 10.4. The van der Waals surface area contributed by atoms with Crippen molar-refractivity contribution in [2.45, 2.75) is 20.3 Å². The maximum absolute atomic E-state index is 9.00. The van der Waals surface area contributed by atoms with Crippen molar-refractivity contribution in [2.24, 2.45) is 0 Å². The van der Waals surface area contributed by atoms with Gasteiger partial charge in [-0.3, -0.25) is 4.79 Å². The fourth-order valence-electron chi connectivity index (χ4n) is 0.353. The molecule has 0 rings (SSSR count). The molecule has 0 unspecified atom stereocenters. The van der Waals surface area contributed by atoms with Crippen molar-refractivity contribution in [3.05, 3.63) is 0 Å². The Morgan fingerprint density at radius 3 is 2.00 bits per heavy atom. The van der Waals surface area contributed by atoms with Crippen molar-refractivity contribution in [3.63, 3.8) is 0 Å². The van der Waals surface area contributed by atoms with Crippen LogP contribution in [0.1, 0.15) is 20.3 Å². The highest BCUT2D eigenvalue weighted by Gasteiger charge is 1.79. The summed E-state index contributed by atoms with van der Waals surface area (Å²) in [6.45, 7) is 4.17. The van der Waals surface area contributed by atoms with Crippen molar-refractivity contribution < 1.29 is 9.90 Å². The largest absolute Gasteiger partial charge is 0.481 e. The van der Waals surface area contributed by atoms with E-state index < -0.39 is 5.97 Å². The molecule has 0 aliphatic carbocycles. The summed E-state index contributed by atoms with van der Waals surface area (Å²) in [5.74, 6) is -0.833. The average molecular weight is 143 g/mol. The van der Waals surface area contributed by atoms with Gasteiger partial charge in [0.05, 0.1) is 0 Å². The highest BCUT2D eigenvalue weighted by Crippen LogP contribution is 1.75. The Morgan fingerprint density at radius 1 is 1.70 bits per heavy atom. The van der Waals surface area contributed by atoms with Gasteiger partial charge in [-0.2, -0.15) is 0 Å². The van der Waals surface area contributed by atoms with Gasteiger partial charge in [-0.25, -0.2) is 0 Å². The minimum atomic E-state index is -0.833. The topological polar surface area (TPSA) is 40.5 Å². The Bertz CT molecular complexity index is 81.8. The van der Waals surface area contributed by atoms with Crippen molar-refractivity contribution in [1.82, 2.24) is 4.81 Å². The lowest BCUT2D eigenvalue weighted by Gasteiger charge is -2.04. The Hall–Kier alpha value is -0.505. The third kappa shape index (κ3) is 50.8. The second-order valence-corrected chi connectivity index (χ2v) is 2.00. The van der Waals surface area contributed by atoms with Crippen LogP contribution in [0.4, 0.5) is 0 Å². The number of nitrogens with zero attached hydrogens (tertiary/aromatic N) is 1.